The average Bonchev–Trinajstić information content (AvgIpc) is 3.14. The van der Waals surface area contributed by atoms with Gasteiger partial charge in [0.2, 0.25) is 5.91 Å². The number of amides is 1. The first kappa shape index (κ1) is 20.1. The molecule has 1 aromatic carbocycles. The van der Waals surface area contributed by atoms with Crippen LogP contribution in [-0.4, -0.2) is 44.4 Å². The van der Waals surface area contributed by atoms with Gasteiger partial charge in [-0.2, -0.15) is 0 Å². The van der Waals surface area contributed by atoms with Gasteiger partial charge in [0.05, 0.1) is 11.2 Å². The molecule has 156 valence electrons. The zero-order valence-electron chi connectivity index (χ0n) is 16.6. The fraction of sp³-hybridized carbons (Fsp3) is 0.348. The van der Waals surface area contributed by atoms with Crippen LogP contribution in [0.5, 0.6) is 0 Å². The number of nitrogens with zero attached hydrogens (tertiary/aromatic N) is 3. The normalized spacial score (nSPS) is 16.7. The van der Waals surface area contributed by atoms with E-state index in [0.717, 1.165) is 35.4 Å². The van der Waals surface area contributed by atoms with Gasteiger partial charge in [0, 0.05) is 43.6 Å². The Kier molecular flexibility index (Phi) is 5.79. The lowest BCUT2D eigenvalue weighted by Crippen LogP contribution is -2.39. The minimum atomic E-state index is -0.878. The van der Waals surface area contributed by atoms with Crippen LogP contribution in [0, 0.1) is 5.82 Å². The molecule has 1 amide bonds. The van der Waals surface area contributed by atoms with E-state index in [1.54, 1.807) is 12.1 Å². The van der Waals surface area contributed by atoms with Crippen molar-refractivity contribution in [2.45, 2.75) is 38.0 Å². The number of hydrogen-bond donors (Lipinski definition) is 1. The van der Waals surface area contributed by atoms with Crippen LogP contribution in [0.4, 0.5) is 4.39 Å². The van der Waals surface area contributed by atoms with Crippen LogP contribution in [0.2, 0.25) is 0 Å². The third kappa shape index (κ3) is 4.20. The molecule has 4 rings (SSSR count). The molecule has 3 aromatic rings. The second-order valence-electron chi connectivity index (χ2n) is 7.71. The highest BCUT2D eigenvalue weighted by Gasteiger charge is 2.28. The summed E-state index contributed by atoms with van der Waals surface area (Å²) in [5.41, 5.74) is 2.60. The Morgan fingerprint density at radius 2 is 1.93 bits per heavy atom. The van der Waals surface area contributed by atoms with Crippen LogP contribution in [0.3, 0.4) is 0 Å². The molecule has 1 aliphatic rings. The molecule has 0 radical (unpaired) electrons. The van der Waals surface area contributed by atoms with Crippen LogP contribution in [0.1, 0.15) is 43.8 Å². The Morgan fingerprint density at radius 1 is 1.13 bits per heavy atom. The monoisotopic (exact) mass is 409 g/mol. The van der Waals surface area contributed by atoms with Gasteiger partial charge in [-0.3, -0.25) is 9.59 Å². The number of aliphatic carboxylic acids is 1. The molecule has 30 heavy (non-hydrogen) atoms. The molecule has 6 nitrogen and oxygen atoms in total. The molecule has 1 saturated heterocycles. The zero-order chi connectivity index (χ0) is 21.1. The average molecular weight is 409 g/mol. The lowest BCUT2D eigenvalue weighted by Gasteiger charge is -2.32. The number of carbonyl (C=O) groups is 2. The van der Waals surface area contributed by atoms with Gasteiger partial charge in [-0.15, -0.1) is 0 Å². The summed E-state index contributed by atoms with van der Waals surface area (Å²) in [6.45, 7) is 1.26. The van der Waals surface area contributed by atoms with Gasteiger partial charge in [-0.25, -0.2) is 9.37 Å². The minimum absolute atomic E-state index is 0.000528. The number of aromatic nitrogens is 2. The molecule has 1 N–H and O–H groups in total. The topological polar surface area (TPSA) is 74.9 Å². The molecule has 1 aliphatic heterocycles. The highest BCUT2D eigenvalue weighted by atomic mass is 19.1. The van der Waals surface area contributed by atoms with Crippen molar-refractivity contribution >= 4 is 17.4 Å². The summed E-state index contributed by atoms with van der Waals surface area (Å²) in [7, 11) is 0. The predicted octanol–water partition coefficient (Wildman–Crippen LogP) is 4.10. The number of halogens is 1. The van der Waals surface area contributed by atoms with E-state index in [2.05, 4.69) is 4.40 Å². The smallest absolute Gasteiger partial charge is 0.303 e. The second kappa shape index (κ2) is 8.65. The van der Waals surface area contributed by atoms with Crippen LogP contribution >= 0.6 is 0 Å². The van der Waals surface area contributed by atoms with E-state index in [-0.39, 0.29) is 30.5 Å². The van der Waals surface area contributed by atoms with E-state index in [4.69, 9.17) is 10.1 Å². The summed E-state index contributed by atoms with van der Waals surface area (Å²) in [5, 5.41) is 8.78. The van der Waals surface area contributed by atoms with Crippen LogP contribution in [-0.2, 0) is 9.59 Å². The summed E-state index contributed by atoms with van der Waals surface area (Å²) in [4.78, 5) is 30.0. The number of piperidine rings is 1. The van der Waals surface area contributed by atoms with E-state index in [9.17, 15) is 14.0 Å². The fourth-order valence-electron chi connectivity index (χ4n) is 4.13. The molecular formula is C23H24FN3O3. The lowest BCUT2D eigenvalue weighted by atomic mass is 9.96. The zero-order valence-corrected chi connectivity index (χ0v) is 16.6. The Labute approximate surface area is 174 Å². The van der Waals surface area contributed by atoms with Gasteiger partial charge in [0.25, 0.3) is 0 Å². The summed E-state index contributed by atoms with van der Waals surface area (Å²) >= 11 is 0. The molecule has 0 bridgehead atoms. The number of pyridine rings is 1. The number of carboxylic acid groups (broad SMARTS) is 1. The number of benzene rings is 1. The largest absolute Gasteiger partial charge is 0.481 e. The molecule has 0 aliphatic carbocycles. The van der Waals surface area contributed by atoms with E-state index >= 15 is 0 Å². The number of imidazole rings is 1. The van der Waals surface area contributed by atoms with Crippen LogP contribution in [0.25, 0.3) is 16.8 Å². The quantitative estimate of drug-likeness (QED) is 0.665. The first-order chi connectivity index (χ1) is 14.5. The molecule has 1 unspecified atom stereocenters. The van der Waals surface area contributed by atoms with Crippen molar-refractivity contribution in [2.24, 2.45) is 0 Å². The van der Waals surface area contributed by atoms with E-state index in [1.165, 1.54) is 12.1 Å². The minimum Gasteiger partial charge on any atom is -0.481 e. The molecule has 0 saturated carbocycles. The highest BCUT2D eigenvalue weighted by Crippen LogP contribution is 2.32. The number of hydrogen-bond acceptors (Lipinski definition) is 3. The van der Waals surface area contributed by atoms with Gasteiger partial charge in [-0.05, 0) is 55.7 Å². The lowest BCUT2D eigenvalue weighted by molar-refractivity contribution is -0.137. The second-order valence-corrected chi connectivity index (χ2v) is 7.71. The Bertz CT molecular complexity index is 1060. The van der Waals surface area contributed by atoms with Crippen molar-refractivity contribution < 1.29 is 19.1 Å². The third-order valence-electron chi connectivity index (χ3n) is 5.61. The number of likely N-dealkylation sites (tertiary alicyclic amines) is 1. The maximum Gasteiger partial charge on any atom is 0.303 e. The molecule has 2 aromatic heterocycles. The third-order valence-corrected chi connectivity index (χ3v) is 5.61. The maximum atomic E-state index is 13.4. The number of fused-ring (bicyclic) bond motifs is 1. The van der Waals surface area contributed by atoms with Gasteiger partial charge < -0.3 is 14.4 Å². The highest BCUT2D eigenvalue weighted by molar-refractivity contribution is 5.78. The fourth-order valence-corrected chi connectivity index (χ4v) is 4.13. The predicted molar refractivity (Wildman–Crippen MR) is 111 cm³/mol. The number of carbonyl (C=O) groups excluding carboxylic acids is 1. The Hall–Kier alpha value is -3.22. The SMILES string of the molecule is O=C(O)CCCC(=O)N1CCCC(c2nc(-c3ccc(F)cc3)c3ccccn23)C1. The van der Waals surface area contributed by atoms with E-state index in [0.29, 0.717) is 19.5 Å². The van der Waals surface area contributed by atoms with Crippen molar-refractivity contribution in [1.82, 2.24) is 14.3 Å². The Balaban J connectivity index is 1.59. The molecule has 7 heteroatoms. The Morgan fingerprint density at radius 3 is 2.70 bits per heavy atom. The first-order valence-corrected chi connectivity index (χ1v) is 10.3. The molecule has 0 spiro atoms. The van der Waals surface area contributed by atoms with E-state index in [1.807, 2.05) is 29.3 Å². The summed E-state index contributed by atoms with van der Waals surface area (Å²) in [6.07, 6.45) is 4.39. The van der Waals surface area contributed by atoms with Crippen molar-refractivity contribution in [2.75, 3.05) is 13.1 Å². The van der Waals surface area contributed by atoms with Crippen molar-refractivity contribution in [3.63, 3.8) is 0 Å². The summed E-state index contributed by atoms with van der Waals surface area (Å²) in [5.74, 6) is -0.178. The summed E-state index contributed by atoms with van der Waals surface area (Å²) in [6, 6.07) is 12.2. The van der Waals surface area contributed by atoms with Gasteiger partial charge in [-0.1, -0.05) is 6.07 Å². The summed E-state index contributed by atoms with van der Waals surface area (Å²) < 4.78 is 15.4. The maximum absolute atomic E-state index is 13.4. The van der Waals surface area contributed by atoms with Crippen molar-refractivity contribution in [3.05, 3.63) is 60.3 Å². The number of rotatable bonds is 6. The molecule has 3 heterocycles. The van der Waals surface area contributed by atoms with Crippen molar-refractivity contribution in [1.29, 1.82) is 0 Å². The first-order valence-electron chi connectivity index (χ1n) is 10.3. The van der Waals surface area contributed by atoms with E-state index < -0.39 is 5.97 Å². The molecular weight excluding hydrogens is 385 g/mol. The number of carboxylic acids is 1. The van der Waals surface area contributed by atoms with Gasteiger partial charge in [0.1, 0.15) is 11.6 Å². The van der Waals surface area contributed by atoms with Crippen LogP contribution in [0.15, 0.2) is 48.7 Å². The van der Waals surface area contributed by atoms with Gasteiger partial charge in [0.15, 0.2) is 0 Å². The standard InChI is InChI=1S/C23H24FN3O3/c24-18-11-9-16(10-12-18)22-19-6-1-2-14-27(19)23(25-22)17-5-4-13-26(15-17)20(28)7-3-8-21(29)30/h1-2,6,9-12,14,17H,3-5,7-8,13,15H2,(H,29,30). The molecule has 1 atom stereocenters. The van der Waals surface area contributed by atoms with Crippen molar-refractivity contribution in [3.8, 4) is 11.3 Å². The van der Waals surface area contributed by atoms with Gasteiger partial charge >= 0.3 is 5.97 Å². The molecule has 1 fully saturated rings. The van der Waals surface area contributed by atoms with Crippen LogP contribution < -0.4 is 0 Å².